The minimum Gasteiger partial charge on any atom is -0.490 e. The molecular formula is C16H25NO4. The van der Waals surface area contributed by atoms with Gasteiger partial charge < -0.3 is 19.9 Å². The predicted molar refractivity (Wildman–Crippen MR) is 81.7 cm³/mol. The molecule has 0 aromatic heterocycles. The molecule has 0 amide bonds. The number of ether oxygens (including phenoxy) is 3. The van der Waals surface area contributed by atoms with E-state index < -0.39 is 5.97 Å². The van der Waals surface area contributed by atoms with Crippen LogP contribution in [0, 0.1) is 0 Å². The minimum absolute atomic E-state index is 0.0762. The Labute approximate surface area is 126 Å². The largest absolute Gasteiger partial charge is 0.490 e. The van der Waals surface area contributed by atoms with Crippen LogP contribution < -0.4 is 15.2 Å². The lowest BCUT2D eigenvalue weighted by molar-refractivity contribution is -0.149. The summed E-state index contributed by atoms with van der Waals surface area (Å²) in [5.41, 5.74) is 6.87. The maximum absolute atomic E-state index is 11.5. The first kappa shape index (κ1) is 17.3. The van der Waals surface area contributed by atoms with E-state index in [1.807, 2.05) is 26.0 Å². The molecule has 0 aliphatic carbocycles. The highest BCUT2D eigenvalue weighted by atomic mass is 16.6. The first-order valence-electron chi connectivity index (χ1n) is 7.26. The molecule has 0 saturated carbocycles. The molecule has 0 aliphatic heterocycles. The molecule has 118 valence electrons. The standard InChI is InChI=1S/C16H25NO4/c1-5-19-15-9-13(8-12(4)17)6-7-14(15)20-10-16(18)21-11(2)3/h6-7,9,11-12H,5,8,10,17H2,1-4H3. The van der Waals surface area contributed by atoms with Gasteiger partial charge in [0.05, 0.1) is 12.7 Å². The van der Waals surface area contributed by atoms with Gasteiger partial charge in [-0.2, -0.15) is 0 Å². The SMILES string of the molecule is CCOc1cc(CC(C)N)ccc1OCC(=O)OC(C)C. The molecule has 0 heterocycles. The molecule has 1 unspecified atom stereocenters. The van der Waals surface area contributed by atoms with Gasteiger partial charge in [0.2, 0.25) is 0 Å². The smallest absolute Gasteiger partial charge is 0.344 e. The van der Waals surface area contributed by atoms with Gasteiger partial charge in [-0.3, -0.25) is 0 Å². The lowest BCUT2D eigenvalue weighted by Crippen LogP contribution is -2.19. The van der Waals surface area contributed by atoms with Crippen molar-refractivity contribution in [3.05, 3.63) is 23.8 Å². The van der Waals surface area contributed by atoms with Crippen molar-refractivity contribution in [1.29, 1.82) is 0 Å². The third kappa shape index (κ3) is 6.49. The van der Waals surface area contributed by atoms with E-state index >= 15 is 0 Å². The molecule has 21 heavy (non-hydrogen) atoms. The van der Waals surface area contributed by atoms with Crippen molar-refractivity contribution in [2.75, 3.05) is 13.2 Å². The number of carbonyl (C=O) groups is 1. The van der Waals surface area contributed by atoms with Crippen molar-refractivity contribution < 1.29 is 19.0 Å². The molecule has 0 bridgehead atoms. The van der Waals surface area contributed by atoms with Crippen molar-refractivity contribution >= 4 is 5.97 Å². The van der Waals surface area contributed by atoms with Crippen LogP contribution in [0.3, 0.4) is 0 Å². The van der Waals surface area contributed by atoms with Crippen LogP contribution in [0.15, 0.2) is 18.2 Å². The minimum atomic E-state index is -0.396. The average molecular weight is 295 g/mol. The average Bonchev–Trinajstić information content (AvgIpc) is 2.36. The lowest BCUT2D eigenvalue weighted by Gasteiger charge is -2.14. The fourth-order valence-corrected chi connectivity index (χ4v) is 1.87. The Hall–Kier alpha value is -1.75. The number of esters is 1. The summed E-state index contributed by atoms with van der Waals surface area (Å²) in [6, 6.07) is 5.70. The van der Waals surface area contributed by atoms with Gasteiger partial charge in [0.25, 0.3) is 0 Å². The van der Waals surface area contributed by atoms with Gasteiger partial charge in [0, 0.05) is 6.04 Å². The van der Waals surface area contributed by atoms with Crippen LogP contribution in [-0.4, -0.2) is 31.3 Å². The van der Waals surface area contributed by atoms with Crippen LogP contribution in [0.5, 0.6) is 11.5 Å². The zero-order valence-electron chi connectivity index (χ0n) is 13.2. The van der Waals surface area contributed by atoms with E-state index in [0.29, 0.717) is 18.1 Å². The lowest BCUT2D eigenvalue weighted by atomic mass is 10.1. The highest BCUT2D eigenvalue weighted by Gasteiger charge is 2.11. The number of hydrogen-bond donors (Lipinski definition) is 1. The molecule has 1 rings (SSSR count). The first-order valence-corrected chi connectivity index (χ1v) is 7.26. The van der Waals surface area contributed by atoms with Crippen molar-refractivity contribution in [1.82, 2.24) is 0 Å². The number of benzene rings is 1. The third-order valence-corrected chi connectivity index (χ3v) is 2.58. The summed E-state index contributed by atoms with van der Waals surface area (Å²) in [6.45, 7) is 7.83. The second kappa shape index (κ2) is 8.52. The quantitative estimate of drug-likeness (QED) is 0.745. The van der Waals surface area contributed by atoms with Crippen molar-refractivity contribution in [3.63, 3.8) is 0 Å². The Kier molecular flexibility index (Phi) is 7.02. The summed E-state index contributed by atoms with van der Waals surface area (Å²) >= 11 is 0. The van der Waals surface area contributed by atoms with Crippen molar-refractivity contribution in [3.8, 4) is 11.5 Å². The number of rotatable bonds is 8. The Morgan fingerprint density at radius 3 is 2.48 bits per heavy atom. The van der Waals surface area contributed by atoms with Gasteiger partial charge in [0.1, 0.15) is 0 Å². The van der Waals surface area contributed by atoms with E-state index in [-0.39, 0.29) is 18.8 Å². The first-order chi connectivity index (χ1) is 9.92. The van der Waals surface area contributed by atoms with E-state index in [4.69, 9.17) is 19.9 Å². The number of carbonyl (C=O) groups excluding carboxylic acids is 1. The maximum Gasteiger partial charge on any atom is 0.344 e. The summed E-state index contributed by atoms with van der Waals surface area (Å²) in [5.74, 6) is 0.756. The van der Waals surface area contributed by atoms with Gasteiger partial charge in [-0.25, -0.2) is 4.79 Å². The second-order valence-electron chi connectivity index (χ2n) is 5.22. The molecule has 0 saturated heterocycles. The van der Waals surface area contributed by atoms with Gasteiger partial charge in [-0.1, -0.05) is 6.07 Å². The van der Waals surface area contributed by atoms with E-state index in [9.17, 15) is 4.79 Å². The monoisotopic (exact) mass is 295 g/mol. The van der Waals surface area contributed by atoms with Gasteiger partial charge in [0.15, 0.2) is 18.1 Å². The van der Waals surface area contributed by atoms with Crippen LogP contribution in [-0.2, 0) is 16.0 Å². The van der Waals surface area contributed by atoms with Crippen LogP contribution in [0.25, 0.3) is 0 Å². The highest BCUT2D eigenvalue weighted by Crippen LogP contribution is 2.29. The molecule has 5 nitrogen and oxygen atoms in total. The summed E-state index contributed by atoms with van der Waals surface area (Å²) in [4.78, 5) is 11.5. The highest BCUT2D eigenvalue weighted by molar-refractivity contribution is 5.71. The van der Waals surface area contributed by atoms with Crippen molar-refractivity contribution in [2.45, 2.75) is 46.3 Å². The predicted octanol–water partition coefficient (Wildman–Crippen LogP) is 2.31. The molecule has 0 spiro atoms. The molecule has 0 radical (unpaired) electrons. The van der Waals surface area contributed by atoms with Gasteiger partial charge in [-0.15, -0.1) is 0 Å². The molecule has 1 aromatic rings. The number of nitrogens with two attached hydrogens (primary N) is 1. The topological polar surface area (TPSA) is 70.8 Å². The van der Waals surface area contributed by atoms with Crippen LogP contribution in [0.1, 0.15) is 33.3 Å². The summed E-state index contributed by atoms with van der Waals surface area (Å²) in [7, 11) is 0. The van der Waals surface area contributed by atoms with Crippen LogP contribution in [0.2, 0.25) is 0 Å². The van der Waals surface area contributed by atoms with Crippen LogP contribution in [0.4, 0.5) is 0 Å². The maximum atomic E-state index is 11.5. The molecule has 2 N–H and O–H groups in total. The van der Waals surface area contributed by atoms with Gasteiger partial charge in [-0.05, 0) is 51.8 Å². The summed E-state index contributed by atoms with van der Waals surface area (Å²) in [5, 5.41) is 0. The zero-order valence-corrected chi connectivity index (χ0v) is 13.2. The van der Waals surface area contributed by atoms with E-state index in [2.05, 4.69) is 0 Å². The van der Waals surface area contributed by atoms with Gasteiger partial charge >= 0.3 is 5.97 Å². The zero-order chi connectivity index (χ0) is 15.8. The Morgan fingerprint density at radius 2 is 1.90 bits per heavy atom. The number of hydrogen-bond acceptors (Lipinski definition) is 5. The molecule has 0 aliphatic rings. The van der Waals surface area contributed by atoms with E-state index in [1.165, 1.54) is 0 Å². The second-order valence-corrected chi connectivity index (χ2v) is 5.22. The van der Waals surface area contributed by atoms with E-state index in [0.717, 1.165) is 12.0 Å². The fraction of sp³-hybridized carbons (Fsp3) is 0.562. The molecule has 0 fully saturated rings. The summed E-state index contributed by atoms with van der Waals surface area (Å²) < 4.78 is 16.1. The van der Waals surface area contributed by atoms with Crippen LogP contribution >= 0.6 is 0 Å². The molecule has 5 heteroatoms. The Morgan fingerprint density at radius 1 is 1.19 bits per heavy atom. The molecular weight excluding hydrogens is 270 g/mol. The third-order valence-electron chi connectivity index (χ3n) is 2.58. The Balaban J connectivity index is 2.74. The van der Waals surface area contributed by atoms with Crippen molar-refractivity contribution in [2.24, 2.45) is 5.73 Å². The summed E-state index contributed by atoms with van der Waals surface area (Å²) in [6.07, 6.45) is 0.608. The van der Waals surface area contributed by atoms with E-state index in [1.54, 1.807) is 19.9 Å². The fourth-order valence-electron chi connectivity index (χ4n) is 1.87. The molecule has 1 aromatic carbocycles. The normalized spacial score (nSPS) is 12.1. The Bertz CT molecular complexity index is 458. The molecule has 1 atom stereocenters.